The van der Waals surface area contributed by atoms with E-state index in [0.717, 1.165) is 12.1 Å². The van der Waals surface area contributed by atoms with Crippen molar-refractivity contribution in [3.63, 3.8) is 0 Å². The molecule has 2 aromatic rings. The van der Waals surface area contributed by atoms with Gasteiger partial charge in [-0.2, -0.15) is 0 Å². The molecule has 1 heterocycles. The molecule has 0 atom stereocenters. The highest BCUT2D eigenvalue weighted by atomic mass is 35.5. The number of hydrogen-bond donors (Lipinski definition) is 1. The van der Waals surface area contributed by atoms with Crippen molar-refractivity contribution in [3.8, 4) is 11.5 Å². The summed E-state index contributed by atoms with van der Waals surface area (Å²) in [6.45, 7) is -0.127. The number of carbonyl (C=O) groups is 3. The van der Waals surface area contributed by atoms with Gasteiger partial charge in [0.1, 0.15) is 23.1 Å². The fraction of sp³-hybridized carbons (Fsp3) is 0.348. The highest BCUT2D eigenvalue weighted by Gasteiger charge is 2.30. The molecule has 0 unspecified atom stereocenters. The minimum Gasteiger partial charge on any atom is -0.495 e. The van der Waals surface area contributed by atoms with Crippen molar-refractivity contribution < 1.29 is 37.4 Å². The molecule has 0 aromatic heterocycles. The van der Waals surface area contributed by atoms with Crippen LogP contribution in [0.2, 0.25) is 5.02 Å². The zero-order valence-electron chi connectivity index (χ0n) is 18.5. The summed E-state index contributed by atoms with van der Waals surface area (Å²) in [6.07, 6.45) is 0.577. The Balaban J connectivity index is 1.49. The largest absolute Gasteiger partial charge is 0.495 e. The Morgan fingerprint density at radius 1 is 1.06 bits per heavy atom. The van der Waals surface area contributed by atoms with E-state index in [1.54, 1.807) is 0 Å². The topological polar surface area (TPSA) is 94.2 Å². The first-order valence-electron chi connectivity index (χ1n) is 10.4. The molecule has 2 amide bonds. The molecule has 0 spiro atoms. The standard InChI is InChI=1S/C23H23ClF2N2O6/c1-32-19-11-20(33-2)18(10-16(19)24)27-21(29)12-34-23(31)13-5-7-28(8-6-13)22(30)15-4-3-14(25)9-17(15)26/h3-4,9-11,13H,5-8,12H2,1-2H3,(H,27,29). The number of nitrogens with zero attached hydrogens (tertiary/aromatic N) is 1. The van der Waals surface area contributed by atoms with Gasteiger partial charge in [-0.1, -0.05) is 11.6 Å². The molecule has 0 radical (unpaired) electrons. The van der Waals surface area contributed by atoms with E-state index in [1.165, 1.54) is 31.3 Å². The van der Waals surface area contributed by atoms with Crippen LogP contribution in [0, 0.1) is 17.6 Å². The molecule has 34 heavy (non-hydrogen) atoms. The van der Waals surface area contributed by atoms with Crippen LogP contribution in [0.15, 0.2) is 30.3 Å². The zero-order chi connectivity index (χ0) is 24.8. The van der Waals surface area contributed by atoms with E-state index in [0.29, 0.717) is 17.6 Å². The molecule has 1 fully saturated rings. The van der Waals surface area contributed by atoms with E-state index in [2.05, 4.69) is 5.32 Å². The number of anilines is 1. The summed E-state index contributed by atoms with van der Waals surface area (Å²) in [7, 11) is 2.86. The lowest BCUT2D eigenvalue weighted by Gasteiger charge is -2.31. The van der Waals surface area contributed by atoms with Crippen molar-refractivity contribution in [1.29, 1.82) is 0 Å². The molecule has 8 nitrogen and oxygen atoms in total. The summed E-state index contributed by atoms with van der Waals surface area (Å²) in [6, 6.07) is 5.72. The molecule has 11 heteroatoms. The maximum absolute atomic E-state index is 13.9. The van der Waals surface area contributed by atoms with Crippen LogP contribution in [0.1, 0.15) is 23.2 Å². The third kappa shape index (κ3) is 5.93. The van der Waals surface area contributed by atoms with Gasteiger partial charge in [0.25, 0.3) is 11.8 Å². The summed E-state index contributed by atoms with van der Waals surface area (Å²) in [5.41, 5.74) is 0.0577. The number of piperidine rings is 1. The Morgan fingerprint density at radius 3 is 2.35 bits per heavy atom. The summed E-state index contributed by atoms with van der Waals surface area (Å²) in [4.78, 5) is 38.5. The van der Waals surface area contributed by atoms with Crippen molar-refractivity contribution in [2.24, 2.45) is 5.92 Å². The second kappa shape index (κ2) is 11.1. The molecule has 0 saturated carbocycles. The number of nitrogens with one attached hydrogen (secondary N) is 1. The van der Waals surface area contributed by atoms with Crippen LogP contribution in [0.5, 0.6) is 11.5 Å². The lowest BCUT2D eigenvalue weighted by molar-refractivity contribution is -0.152. The molecule has 1 N–H and O–H groups in total. The van der Waals surface area contributed by atoms with Crippen molar-refractivity contribution in [1.82, 2.24) is 4.90 Å². The fourth-order valence-electron chi connectivity index (χ4n) is 3.55. The number of hydrogen-bond acceptors (Lipinski definition) is 6. The highest BCUT2D eigenvalue weighted by molar-refractivity contribution is 6.32. The SMILES string of the molecule is COc1cc(OC)c(NC(=O)COC(=O)C2CCN(C(=O)c3ccc(F)cc3F)CC2)cc1Cl. The van der Waals surface area contributed by atoms with Gasteiger partial charge in [-0.05, 0) is 31.0 Å². The van der Waals surface area contributed by atoms with Gasteiger partial charge in [0, 0.05) is 25.2 Å². The van der Waals surface area contributed by atoms with Gasteiger partial charge in [-0.15, -0.1) is 0 Å². The van der Waals surface area contributed by atoms with Gasteiger partial charge in [-0.25, -0.2) is 8.78 Å². The molecule has 0 aliphatic carbocycles. The molecule has 1 aliphatic rings. The first-order valence-corrected chi connectivity index (χ1v) is 10.7. The molecule has 1 saturated heterocycles. The van der Waals surface area contributed by atoms with E-state index in [9.17, 15) is 23.2 Å². The van der Waals surface area contributed by atoms with Crippen LogP contribution in [-0.2, 0) is 14.3 Å². The quantitative estimate of drug-likeness (QED) is 0.588. The third-order valence-electron chi connectivity index (χ3n) is 5.37. The molecular formula is C23H23ClF2N2O6. The maximum atomic E-state index is 13.9. The number of likely N-dealkylation sites (tertiary alicyclic amines) is 1. The average molecular weight is 497 g/mol. The predicted molar refractivity (Wildman–Crippen MR) is 119 cm³/mol. The molecule has 0 bridgehead atoms. The van der Waals surface area contributed by atoms with Crippen LogP contribution in [0.25, 0.3) is 0 Å². The van der Waals surface area contributed by atoms with E-state index < -0.39 is 41.9 Å². The Bertz CT molecular complexity index is 1090. The minimum atomic E-state index is -0.938. The van der Waals surface area contributed by atoms with Gasteiger partial charge in [0.15, 0.2) is 6.61 Å². The molecule has 182 valence electrons. The summed E-state index contributed by atoms with van der Waals surface area (Å²) in [5, 5.41) is 2.83. The fourth-order valence-corrected chi connectivity index (χ4v) is 3.79. The van der Waals surface area contributed by atoms with Crippen LogP contribution >= 0.6 is 11.6 Å². The van der Waals surface area contributed by atoms with E-state index in [1.807, 2.05) is 0 Å². The van der Waals surface area contributed by atoms with Crippen molar-refractivity contribution in [2.75, 3.05) is 39.2 Å². The molecule has 3 rings (SSSR count). The summed E-state index contributed by atoms with van der Waals surface area (Å²) in [5.74, 6) is -3.27. The monoisotopic (exact) mass is 496 g/mol. The maximum Gasteiger partial charge on any atom is 0.309 e. The number of ether oxygens (including phenoxy) is 3. The number of rotatable bonds is 7. The molecule has 2 aromatic carbocycles. The Morgan fingerprint density at radius 2 is 1.74 bits per heavy atom. The van der Waals surface area contributed by atoms with Crippen LogP contribution < -0.4 is 14.8 Å². The number of halogens is 3. The van der Waals surface area contributed by atoms with Gasteiger partial charge in [0.05, 0.1) is 36.4 Å². The van der Waals surface area contributed by atoms with Crippen LogP contribution in [0.4, 0.5) is 14.5 Å². The van der Waals surface area contributed by atoms with Gasteiger partial charge in [0.2, 0.25) is 0 Å². The highest BCUT2D eigenvalue weighted by Crippen LogP contribution is 2.35. The van der Waals surface area contributed by atoms with Gasteiger partial charge in [-0.3, -0.25) is 14.4 Å². The second-order valence-corrected chi connectivity index (χ2v) is 7.94. The predicted octanol–water partition coefficient (Wildman–Crippen LogP) is 3.67. The van der Waals surface area contributed by atoms with Crippen molar-refractivity contribution >= 4 is 35.1 Å². The average Bonchev–Trinajstić information content (AvgIpc) is 2.82. The van der Waals surface area contributed by atoms with Crippen molar-refractivity contribution in [2.45, 2.75) is 12.8 Å². The van der Waals surface area contributed by atoms with Crippen LogP contribution in [-0.4, -0.2) is 56.6 Å². The minimum absolute atomic E-state index is 0.198. The van der Waals surface area contributed by atoms with E-state index in [-0.39, 0.29) is 42.2 Å². The summed E-state index contributed by atoms with van der Waals surface area (Å²) >= 11 is 6.08. The first-order chi connectivity index (χ1) is 16.2. The van der Waals surface area contributed by atoms with Crippen molar-refractivity contribution in [3.05, 3.63) is 52.6 Å². The number of carbonyl (C=O) groups excluding carboxylic acids is 3. The number of methoxy groups -OCH3 is 2. The lowest BCUT2D eigenvalue weighted by Crippen LogP contribution is -2.41. The van der Waals surface area contributed by atoms with Crippen LogP contribution in [0.3, 0.4) is 0 Å². The Labute approximate surface area is 199 Å². The van der Waals surface area contributed by atoms with Gasteiger partial charge >= 0.3 is 5.97 Å². The third-order valence-corrected chi connectivity index (χ3v) is 5.67. The molecule has 1 aliphatic heterocycles. The van der Waals surface area contributed by atoms with E-state index in [4.69, 9.17) is 25.8 Å². The Kier molecular flexibility index (Phi) is 8.27. The first kappa shape index (κ1) is 25.2. The number of esters is 1. The number of benzene rings is 2. The normalized spacial score (nSPS) is 13.9. The second-order valence-electron chi connectivity index (χ2n) is 7.53. The smallest absolute Gasteiger partial charge is 0.309 e. The summed E-state index contributed by atoms with van der Waals surface area (Å²) < 4.78 is 42.4. The molecular weight excluding hydrogens is 474 g/mol. The Hall–Kier alpha value is -3.40. The van der Waals surface area contributed by atoms with E-state index >= 15 is 0 Å². The zero-order valence-corrected chi connectivity index (χ0v) is 19.3. The van der Waals surface area contributed by atoms with Gasteiger partial charge < -0.3 is 24.4 Å². The lowest BCUT2D eigenvalue weighted by atomic mass is 9.96. The number of amides is 2.